The number of fused-ring (bicyclic) bond motifs is 1. The van der Waals surface area contributed by atoms with E-state index in [1.807, 2.05) is 22.9 Å². The molecule has 3 nitrogen and oxygen atoms in total. The van der Waals surface area contributed by atoms with E-state index >= 15 is 0 Å². The molecule has 4 rings (SSSR count). The second-order valence-electron chi connectivity index (χ2n) is 7.88. The van der Waals surface area contributed by atoms with Crippen LogP contribution in [0.5, 0.6) is 0 Å². The van der Waals surface area contributed by atoms with Gasteiger partial charge < -0.3 is 5.32 Å². The molecule has 7 heteroatoms. The molecule has 158 valence electrons. The van der Waals surface area contributed by atoms with Crippen LogP contribution >= 0.6 is 11.6 Å². The minimum Gasteiger partial charge on any atom is -0.370 e. The van der Waals surface area contributed by atoms with E-state index in [1.54, 1.807) is 0 Å². The number of aromatic nitrogens is 2. The molecule has 0 atom stereocenters. The highest BCUT2D eigenvalue weighted by Crippen LogP contribution is 2.40. The highest BCUT2D eigenvalue weighted by molar-refractivity contribution is 6.33. The monoisotopic (exact) mass is 433 g/mol. The second kappa shape index (κ2) is 7.99. The van der Waals surface area contributed by atoms with Gasteiger partial charge in [0.1, 0.15) is 5.82 Å². The average Bonchev–Trinajstić information content (AvgIpc) is 2.88. The van der Waals surface area contributed by atoms with Crippen LogP contribution in [0, 0.1) is 0 Å². The highest BCUT2D eigenvalue weighted by Gasteiger charge is 2.32. The minimum absolute atomic E-state index is 0.261. The molecule has 0 saturated carbocycles. The standard InChI is InChI=1S/C23H23ClF3N3/c1-14(2)16-7-3-4-9-20(16)30-22-17(8-5-6-12-28-22)21(29-30)18-13-15(23(25,26)27)10-11-19(18)24/h3-4,7,9-11,13-14,28H,5-6,8,12H2,1-2H3. The van der Waals surface area contributed by atoms with Crippen molar-refractivity contribution in [1.29, 1.82) is 0 Å². The summed E-state index contributed by atoms with van der Waals surface area (Å²) in [5, 5.41) is 8.51. The molecule has 2 heterocycles. The van der Waals surface area contributed by atoms with Crippen molar-refractivity contribution in [2.45, 2.75) is 45.2 Å². The fraction of sp³-hybridized carbons (Fsp3) is 0.348. The maximum Gasteiger partial charge on any atom is 0.416 e. The van der Waals surface area contributed by atoms with Crippen molar-refractivity contribution in [3.8, 4) is 16.9 Å². The van der Waals surface area contributed by atoms with Crippen LogP contribution in [0.3, 0.4) is 0 Å². The van der Waals surface area contributed by atoms with Crippen molar-refractivity contribution in [1.82, 2.24) is 9.78 Å². The first-order chi connectivity index (χ1) is 14.3. The van der Waals surface area contributed by atoms with Crippen LogP contribution in [0.25, 0.3) is 16.9 Å². The molecule has 1 aliphatic heterocycles. The van der Waals surface area contributed by atoms with Crippen molar-refractivity contribution in [3.63, 3.8) is 0 Å². The van der Waals surface area contributed by atoms with Crippen molar-refractivity contribution in [3.05, 3.63) is 64.2 Å². The van der Waals surface area contributed by atoms with Gasteiger partial charge in [-0.25, -0.2) is 4.68 Å². The first kappa shape index (κ1) is 20.8. The highest BCUT2D eigenvalue weighted by atomic mass is 35.5. The third-order valence-electron chi connectivity index (χ3n) is 5.47. The molecule has 0 fully saturated rings. The number of para-hydroxylation sites is 1. The molecule has 1 aliphatic rings. The molecule has 1 aromatic heterocycles. The number of hydrogen-bond donors (Lipinski definition) is 1. The molecule has 0 spiro atoms. The van der Waals surface area contributed by atoms with Crippen molar-refractivity contribution >= 4 is 17.4 Å². The van der Waals surface area contributed by atoms with Gasteiger partial charge in [0.2, 0.25) is 0 Å². The van der Waals surface area contributed by atoms with E-state index < -0.39 is 11.7 Å². The van der Waals surface area contributed by atoms with Gasteiger partial charge in [-0.3, -0.25) is 0 Å². The van der Waals surface area contributed by atoms with Crippen molar-refractivity contribution in [2.75, 3.05) is 11.9 Å². The summed E-state index contributed by atoms with van der Waals surface area (Å²) < 4.78 is 41.9. The minimum atomic E-state index is -4.44. The average molecular weight is 434 g/mol. The Balaban J connectivity index is 1.96. The van der Waals surface area contributed by atoms with Gasteiger partial charge in [-0.15, -0.1) is 0 Å². The van der Waals surface area contributed by atoms with Gasteiger partial charge in [0.15, 0.2) is 0 Å². The predicted octanol–water partition coefficient (Wildman–Crippen LogP) is 7.08. The van der Waals surface area contributed by atoms with Crippen LogP contribution in [0.2, 0.25) is 5.02 Å². The lowest BCUT2D eigenvalue weighted by atomic mass is 10.0. The molecule has 0 radical (unpaired) electrons. The Hall–Kier alpha value is -2.47. The van der Waals surface area contributed by atoms with Gasteiger partial charge in [0.05, 0.1) is 22.0 Å². The Kier molecular flexibility index (Phi) is 5.53. The van der Waals surface area contributed by atoms with E-state index in [4.69, 9.17) is 16.7 Å². The smallest absolute Gasteiger partial charge is 0.370 e. The Morgan fingerprint density at radius 1 is 1.10 bits per heavy atom. The molecule has 1 N–H and O–H groups in total. The number of rotatable bonds is 3. The lowest BCUT2D eigenvalue weighted by molar-refractivity contribution is -0.137. The summed E-state index contributed by atoms with van der Waals surface area (Å²) in [7, 11) is 0. The van der Waals surface area contributed by atoms with Crippen LogP contribution in [-0.4, -0.2) is 16.3 Å². The Morgan fingerprint density at radius 2 is 1.87 bits per heavy atom. The molecule has 0 aliphatic carbocycles. The van der Waals surface area contributed by atoms with E-state index in [0.29, 0.717) is 11.3 Å². The quantitative estimate of drug-likeness (QED) is 0.478. The van der Waals surface area contributed by atoms with Crippen LogP contribution in [0.15, 0.2) is 42.5 Å². The molecule has 3 aromatic rings. The number of benzene rings is 2. The second-order valence-corrected chi connectivity index (χ2v) is 8.28. The van der Waals surface area contributed by atoms with Crippen LogP contribution in [0.4, 0.5) is 19.0 Å². The maximum atomic E-state index is 13.4. The van der Waals surface area contributed by atoms with Crippen molar-refractivity contribution in [2.24, 2.45) is 0 Å². The largest absolute Gasteiger partial charge is 0.416 e. The molecule has 0 bridgehead atoms. The number of nitrogens with zero attached hydrogens (tertiary/aromatic N) is 2. The van der Waals surface area contributed by atoms with E-state index in [2.05, 4.69) is 25.2 Å². The van der Waals surface area contributed by atoms with Gasteiger partial charge in [-0.05, 0) is 55.0 Å². The predicted molar refractivity (Wildman–Crippen MR) is 115 cm³/mol. The van der Waals surface area contributed by atoms with E-state index in [-0.39, 0.29) is 10.9 Å². The summed E-state index contributed by atoms with van der Waals surface area (Å²) in [6.45, 7) is 5.01. The maximum absolute atomic E-state index is 13.4. The van der Waals surface area contributed by atoms with E-state index in [1.165, 1.54) is 6.07 Å². The molecule has 2 aromatic carbocycles. The van der Waals surface area contributed by atoms with Gasteiger partial charge in [-0.1, -0.05) is 43.6 Å². The van der Waals surface area contributed by atoms with Crippen LogP contribution < -0.4 is 5.32 Å². The van der Waals surface area contributed by atoms with Crippen LogP contribution in [0.1, 0.15) is 49.3 Å². The summed E-state index contributed by atoms with van der Waals surface area (Å²) in [5.74, 6) is 1.11. The van der Waals surface area contributed by atoms with Gasteiger partial charge in [0, 0.05) is 17.7 Å². The number of hydrogen-bond acceptors (Lipinski definition) is 2. The SMILES string of the molecule is CC(C)c1ccccc1-n1nc(-c2cc(C(F)(F)F)ccc2Cl)c2c1NCCCC2. The summed E-state index contributed by atoms with van der Waals surface area (Å²) in [4.78, 5) is 0. The Labute approximate surface area is 178 Å². The number of halogens is 4. The topological polar surface area (TPSA) is 29.9 Å². The zero-order valence-corrected chi connectivity index (χ0v) is 17.6. The van der Waals surface area contributed by atoms with Gasteiger partial charge in [-0.2, -0.15) is 18.3 Å². The Morgan fingerprint density at radius 3 is 2.60 bits per heavy atom. The summed E-state index contributed by atoms with van der Waals surface area (Å²) in [5.41, 5.74) is 3.05. The first-order valence-electron chi connectivity index (χ1n) is 10.1. The Bertz CT molecular complexity index is 1070. The van der Waals surface area contributed by atoms with Gasteiger partial charge >= 0.3 is 6.18 Å². The molecule has 0 unspecified atom stereocenters. The zero-order valence-electron chi connectivity index (χ0n) is 16.9. The summed E-state index contributed by atoms with van der Waals surface area (Å²) >= 11 is 6.36. The van der Waals surface area contributed by atoms with Crippen molar-refractivity contribution < 1.29 is 13.2 Å². The third kappa shape index (κ3) is 3.81. The fourth-order valence-electron chi connectivity index (χ4n) is 3.94. The first-order valence-corrected chi connectivity index (χ1v) is 10.5. The molecule has 0 amide bonds. The zero-order chi connectivity index (χ0) is 21.5. The lowest BCUT2D eigenvalue weighted by Crippen LogP contribution is -2.09. The van der Waals surface area contributed by atoms with Crippen LogP contribution in [-0.2, 0) is 12.6 Å². The lowest BCUT2D eigenvalue weighted by Gasteiger charge is -2.15. The fourth-order valence-corrected chi connectivity index (χ4v) is 4.15. The molecule has 30 heavy (non-hydrogen) atoms. The van der Waals surface area contributed by atoms with Gasteiger partial charge in [0.25, 0.3) is 0 Å². The summed E-state index contributed by atoms with van der Waals surface area (Å²) in [6, 6.07) is 11.4. The molecule has 0 saturated heterocycles. The van der Waals surface area contributed by atoms with E-state index in [9.17, 15) is 13.2 Å². The molecular weight excluding hydrogens is 411 g/mol. The number of anilines is 1. The number of nitrogens with one attached hydrogen (secondary N) is 1. The van der Waals surface area contributed by atoms with E-state index in [0.717, 1.165) is 60.6 Å². The number of alkyl halides is 3. The molecular formula is C23H23ClF3N3. The normalized spacial score (nSPS) is 14.4. The third-order valence-corrected chi connectivity index (χ3v) is 5.79. The summed E-state index contributed by atoms with van der Waals surface area (Å²) in [6.07, 6.45) is -1.80.